The number of ether oxygens (including phenoxy) is 1. The largest absolute Gasteiger partial charge is 0.497 e. The fourth-order valence-electron chi connectivity index (χ4n) is 2.02. The van der Waals surface area contributed by atoms with Gasteiger partial charge in [-0.2, -0.15) is 18.4 Å². The van der Waals surface area contributed by atoms with Crippen LogP contribution in [0.4, 0.5) is 18.9 Å². The highest BCUT2D eigenvalue weighted by Crippen LogP contribution is 2.30. The van der Waals surface area contributed by atoms with E-state index in [0.29, 0.717) is 11.4 Å². The zero-order valence-electron chi connectivity index (χ0n) is 13.1. The molecule has 1 N–H and O–H groups in total. The molecule has 25 heavy (non-hydrogen) atoms. The molecule has 0 aliphatic carbocycles. The van der Waals surface area contributed by atoms with Gasteiger partial charge in [-0.3, -0.25) is 4.79 Å². The second kappa shape index (κ2) is 7.53. The van der Waals surface area contributed by atoms with Gasteiger partial charge in [0, 0.05) is 11.8 Å². The molecule has 0 bridgehead atoms. The molecule has 0 aliphatic rings. The number of amides is 1. The normalized spacial score (nSPS) is 11.6. The standard InChI is InChI=1S/C18H13F3N2O2/c1-25-16-7-3-6-15(10-16)23-17(24)13(11-22)8-12-4-2-5-14(9-12)18(19,20)21/h2-10H,1H3,(H,23,24)/b13-8+. The van der Waals surface area contributed by atoms with E-state index < -0.39 is 17.6 Å². The van der Waals surface area contributed by atoms with Crippen LogP contribution >= 0.6 is 0 Å². The SMILES string of the molecule is COc1cccc(NC(=O)/C(C#N)=C/c2cccc(C(F)(F)F)c2)c1. The minimum absolute atomic E-state index is 0.104. The summed E-state index contributed by atoms with van der Waals surface area (Å²) in [4.78, 5) is 12.2. The van der Waals surface area contributed by atoms with Crippen molar-refractivity contribution >= 4 is 17.7 Å². The lowest BCUT2D eigenvalue weighted by Gasteiger charge is -2.08. The molecule has 0 saturated heterocycles. The summed E-state index contributed by atoms with van der Waals surface area (Å²) in [7, 11) is 1.47. The zero-order chi connectivity index (χ0) is 18.4. The molecule has 0 fully saturated rings. The van der Waals surface area contributed by atoms with Crippen molar-refractivity contribution in [3.05, 3.63) is 65.2 Å². The summed E-state index contributed by atoms with van der Waals surface area (Å²) in [6, 6.07) is 12.6. The smallest absolute Gasteiger partial charge is 0.416 e. The Kier molecular flexibility index (Phi) is 5.45. The van der Waals surface area contributed by atoms with E-state index in [-0.39, 0.29) is 11.1 Å². The van der Waals surface area contributed by atoms with E-state index >= 15 is 0 Å². The average Bonchev–Trinajstić information content (AvgIpc) is 2.59. The Hall–Kier alpha value is -3.27. The van der Waals surface area contributed by atoms with Gasteiger partial charge in [0.05, 0.1) is 12.7 Å². The predicted molar refractivity (Wildman–Crippen MR) is 86.7 cm³/mol. The highest BCUT2D eigenvalue weighted by atomic mass is 19.4. The van der Waals surface area contributed by atoms with Crippen molar-refractivity contribution in [2.75, 3.05) is 12.4 Å². The predicted octanol–water partition coefficient (Wildman–Crippen LogP) is 4.26. The number of halogens is 3. The number of carbonyl (C=O) groups is 1. The molecule has 2 rings (SSSR count). The molecule has 0 saturated carbocycles. The monoisotopic (exact) mass is 346 g/mol. The van der Waals surface area contributed by atoms with Crippen LogP contribution in [0.3, 0.4) is 0 Å². The number of hydrogen-bond donors (Lipinski definition) is 1. The van der Waals surface area contributed by atoms with Crippen molar-refractivity contribution < 1.29 is 22.7 Å². The summed E-state index contributed by atoms with van der Waals surface area (Å²) in [5.74, 6) is -0.216. The maximum atomic E-state index is 12.7. The van der Waals surface area contributed by atoms with Gasteiger partial charge < -0.3 is 10.1 Å². The molecular weight excluding hydrogens is 333 g/mol. The van der Waals surface area contributed by atoms with Crippen molar-refractivity contribution in [2.24, 2.45) is 0 Å². The Morgan fingerprint density at radius 1 is 1.20 bits per heavy atom. The van der Waals surface area contributed by atoms with Crippen LogP contribution in [0.5, 0.6) is 5.75 Å². The number of methoxy groups -OCH3 is 1. The topological polar surface area (TPSA) is 62.1 Å². The molecule has 7 heteroatoms. The third-order valence-electron chi connectivity index (χ3n) is 3.22. The molecule has 0 heterocycles. The first-order chi connectivity index (χ1) is 11.8. The van der Waals surface area contributed by atoms with Crippen LogP contribution in [0.1, 0.15) is 11.1 Å². The van der Waals surface area contributed by atoms with Crippen LogP contribution in [0, 0.1) is 11.3 Å². The minimum atomic E-state index is -4.50. The number of nitrogens with one attached hydrogen (secondary N) is 1. The summed E-state index contributed by atoms with van der Waals surface area (Å²) in [5, 5.41) is 11.6. The number of nitrogens with zero attached hydrogens (tertiary/aromatic N) is 1. The molecule has 0 spiro atoms. The number of anilines is 1. The van der Waals surface area contributed by atoms with Gasteiger partial charge in [0.15, 0.2) is 0 Å². The Labute approximate surface area is 142 Å². The number of benzene rings is 2. The van der Waals surface area contributed by atoms with Gasteiger partial charge in [0.2, 0.25) is 0 Å². The van der Waals surface area contributed by atoms with Crippen LogP contribution in [0.2, 0.25) is 0 Å². The van der Waals surface area contributed by atoms with Crippen molar-refractivity contribution in [1.29, 1.82) is 5.26 Å². The lowest BCUT2D eigenvalue weighted by molar-refractivity contribution is -0.137. The maximum absolute atomic E-state index is 12.7. The van der Waals surface area contributed by atoms with E-state index in [2.05, 4.69) is 5.32 Å². The average molecular weight is 346 g/mol. The lowest BCUT2D eigenvalue weighted by atomic mass is 10.1. The van der Waals surface area contributed by atoms with Crippen molar-refractivity contribution in [3.63, 3.8) is 0 Å². The quantitative estimate of drug-likeness (QED) is 0.665. The van der Waals surface area contributed by atoms with Gasteiger partial charge in [0.25, 0.3) is 5.91 Å². The molecule has 0 atom stereocenters. The van der Waals surface area contributed by atoms with Gasteiger partial charge in [-0.25, -0.2) is 0 Å². The van der Waals surface area contributed by atoms with Crippen LogP contribution in [-0.4, -0.2) is 13.0 Å². The first-order valence-corrected chi connectivity index (χ1v) is 7.08. The van der Waals surface area contributed by atoms with Crippen LogP contribution in [-0.2, 0) is 11.0 Å². The highest BCUT2D eigenvalue weighted by Gasteiger charge is 2.30. The number of hydrogen-bond acceptors (Lipinski definition) is 3. The van der Waals surface area contributed by atoms with E-state index in [4.69, 9.17) is 10.00 Å². The number of rotatable bonds is 4. The molecule has 2 aromatic rings. The summed E-state index contributed by atoms with van der Waals surface area (Å²) < 4.78 is 43.2. The van der Waals surface area contributed by atoms with Gasteiger partial charge >= 0.3 is 6.18 Å². The molecule has 1 amide bonds. The highest BCUT2D eigenvalue weighted by molar-refractivity contribution is 6.09. The van der Waals surface area contributed by atoms with Gasteiger partial charge in [-0.05, 0) is 35.9 Å². The van der Waals surface area contributed by atoms with E-state index in [1.54, 1.807) is 30.3 Å². The molecule has 4 nitrogen and oxygen atoms in total. The first-order valence-electron chi connectivity index (χ1n) is 7.08. The number of carbonyl (C=O) groups excluding carboxylic acids is 1. The number of nitriles is 1. The second-order valence-corrected chi connectivity index (χ2v) is 4.98. The summed E-state index contributed by atoms with van der Waals surface area (Å²) in [6.45, 7) is 0. The summed E-state index contributed by atoms with van der Waals surface area (Å²) in [6.07, 6.45) is -3.40. The van der Waals surface area contributed by atoms with Gasteiger partial charge in [0.1, 0.15) is 17.4 Å². The van der Waals surface area contributed by atoms with Crippen molar-refractivity contribution in [3.8, 4) is 11.8 Å². The Morgan fingerprint density at radius 3 is 2.56 bits per heavy atom. The third-order valence-corrected chi connectivity index (χ3v) is 3.22. The van der Waals surface area contributed by atoms with E-state index in [9.17, 15) is 18.0 Å². The zero-order valence-corrected chi connectivity index (χ0v) is 13.1. The lowest BCUT2D eigenvalue weighted by Crippen LogP contribution is -2.13. The van der Waals surface area contributed by atoms with Gasteiger partial charge in [-0.1, -0.05) is 18.2 Å². The molecular formula is C18H13F3N2O2. The molecule has 2 aromatic carbocycles. The van der Waals surface area contributed by atoms with E-state index in [1.807, 2.05) is 0 Å². The summed E-state index contributed by atoms with van der Waals surface area (Å²) >= 11 is 0. The fourth-order valence-corrected chi connectivity index (χ4v) is 2.02. The Morgan fingerprint density at radius 2 is 1.92 bits per heavy atom. The molecule has 0 aromatic heterocycles. The van der Waals surface area contributed by atoms with E-state index in [0.717, 1.165) is 18.2 Å². The number of alkyl halides is 3. The van der Waals surface area contributed by atoms with Crippen LogP contribution in [0.25, 0.3) is 6.08 Å². The second-order valence-electron chi connectivity index (χ2n) is 4.98. The van der Waals surface area contributed by atoms with Crippen molar-refractivity contribution in [1.82, 2.24) is 0 Å². The minimum Gasteiger partial charge on any atom is -0.497 e. The molecule has 0 unspecified atom stereocenters. The third kappa shape index (κ3) is 4.85. The van der Waals surface area contributed by atoms with Gasteiger partial charge in [-0.15, -0.1) is 0 Å². The maximum Gasteiger partial charge on any atom is 0.416 e. The first kappa shape index (κ1) is 18.1. The Bertz CT molecular complexity index is 852. The van der Waals surface area contributed by atoms with Crippen LogP contribution < -0.4 is 10.1 Å². The fraction of sp³-hybridized carbons (Fsp3) is 0.111. The van der Waals surface area contributed by atoms with Crippen molar-refractivity contribution in [2.45, 2.75) is 6.18 Å². The molecule has 0 aliphatic heterocycles. The Balaban J connectivity index is 2.25. The molecule has 0 radical (unpaired) electrons. The van der Waals surface area contributed by atoms with E-state index in [1.165, 1.54) is 19.2 Å². The summed E-state index contributed by atoms with van der Waals surface area (Å²) in [5.41, 5.74) is -0.671. The van der Waals surface area contributed by atoms with Crippen LogP contribution in [0.15, 0.2) is 54.1 Å². The molecule has 128 valence electrons.